The Kier molecular flexibility index (Phi) is 4.54. The van der Waals surface area contributed by atoms with Gasteiger partial charge in [-0.1, -0.05) is 25.0 Å². The van der Waals surface area contributed by atoms with Crippen LogP contribution in [0.5, 0.6) is 0 Å². The van der Waals surface area contributed by atoms with Crippen LogP contribution in [0.2, 0.25) is 0 Å². The minimum Gasteiger partial charge on any atom is -0.340 e. The van der Waals surface area contributed by atoms with E-state index in [1.54, 1.807) is 0 Å². The van der Waals surface area contributed by atoms with Crippen LogP contribution in [-0.2, 0) is 11.3 Å². The number of carbonyl (C=O) groups is 1. The zero-order valence-corrected chi connectivity index (χ0v) is 12.4. The van der Waals surface area contributed by atoms with Crippen molar-refractivity contribution in [2.24, 2.45) is 5.92 Å². The molecule has 1 saturated carbocycles. The van der Waals surface area contributed by atoms with Crippen molar-refractivity contribution in [1.82, 2.24) is 9.80 Å². The van der Waals surface area contributed by atoms with Gasteiger partial charge in [-0.2, -0.15) is 0 Å². The third-order valence-electron chi connectivity index (χ3n) is 4.71. The van der Waals surface area contributed by atoms with Gasteiger partial charge >= 0.3 is 0 Å². The lowest BCUT2D eigenvalue weighted by atomic mass is 10.1. The Morgan fingerprint density at radius 2 is 1.67 bits per heavy atom. The predicted octanol–water partition coefficient (Wildman–Crippen LogP) is 2.66. The molecule has 2 aliphatic rings. The van der Waals surface area contributed by atoms with Crippen molar-refractivity contribution in [2.45, 2.75) is 32.2 Å². The highest BCUT2D eigenvalue weighted by Crippen LogP contribution is 2.27. The summed E-state index contributed by atoms with van der Waals surface area (Å²) in [7, 11) is 0. The molecule has 1 aliphatic carbocycles. The molecule has 21 heavy (non-hydrogen) atoms. The first kappa shape index (κ1) is 14.5. The standard InChI is InChI=1S/C17H23FN2O/c18-16-7-5-14(6-8-16)13-19-9-11-20(12-10-19)17(21)15-3-1-2-4-15/h5-8,15H,1-4,9-13H2. The number of hydrogen-bond acceptors (Lipinski definition) is 2. The van der Waals surface area contributed by atoms with Gasteiger partial charge in [0.15, 0.2) is 0 Å². The Hall–Kier alpha value is -1.42. The molecule has 3 nitrogen and oxygen atoms in total. The summed E-state index contributed by atoms with van der Waals surface area (Å²) in [5.74, 6) is 0.466. The maximum Gasteiger partial charge on any atom is 0.225 e. The maximum absolute atomic E-state index is 12.9. The topological polar surface area (TPSA) is 23.6 Å². The average Bonchev–Trinajstić information content (AvgIpc) is 3.04. The lowest BCUT2D eigenvalue weighted by Gasteiger charge is -2.36. The average molecular weight is 290 g/mol. The quantitative estimate of drug-likeness (QED) is 0.854. The summed E-state index contributed by atoms with van der Waals surface area (Å²) in [6.07, 6.45) is 4.57. The molecule has 1 amide bonds. The molecule has 0 aromatic heterocycles. The highest BCUT2D eigenvalue weighted by Gasteiger charge is 2.29. The van der Waals surface area contributed by atoms with Crippen LogP contribution in [0.3, 0.4) is 0 Å². The number of carbonyl (C=O) groups excluding carboxylic acids is 1. The first-order valence-electron chi connectivity index (χ1n) is 7.98. The van der Waals surface area contributed by atoms with Crippen LogP contribution < -0.4 is 0 Å². The summed E-state index contributed by atoms with van der Waals surface area (Å²) >= 11 is 0. The molecule has 0 atom stereocenters. The van der Waals surface area contributed by atoms with Gasteiger partial charge in [0.25, 0.3) is 0 Å². The Bertz CT molecular complexity index is 474. The van der Waals surface area contributed by atoms with Crippen molar-refractivity contribution in [3.63, 3.8) is 0 Å². The molecule has 114 valence electrons. The number of nitrogens with zero attached hydrogens (tertiary/aromatic N) is 2. The SMILES string of the molecule is O=C(C1CCCC1)N1CCN(Cc2ccc(F)cc2)CC1. The second kappa shape index (κ2) is 6.56. The number of rotatable bonds is 3. The normalized spacial score (nSPS) is 20.9. The van der Waals surface area contributed by atoms with E-state index >= 15 is 0 Å². The van der Waals surface area contributed by atoms with Gasteiger partial charge < -0.3 is 4.90 Å². The summed E-state index contributed by atoms with van der Waals surface area (Å²) in [5.41, 5.74) is 1.13. The molecule has 1 aromatic carbocycles. The second-order valence-electron chi connectivity index (χ2n) is 6.21. The fourth-order valence-corrected chi connectivity index (χ4v) is 3.41. The number of halogens is 1. The maximum atomic E-state index is 12.9. The first-order valence-corrected chi connectivity index (χ1v) is 7.98. The van der Waals surface area contributed by atoms with Crippen LogP contribution in [0.4, 0.5) is 4.39 Å². The minimum absolute atomic E-state index is 0.189. The highest BCUT2D eigenvalue weighted by atomic mass is 19.1. The van der Waals surface area contributed by atoms with Crippen LogP contribution in [0.25, 0.3) is 0 Å². The molecule has 3 rings (SSSR count). The molecule has 1 aromatic rings. The third kappa shape index (κ3) is 3.62. The molecule has 1 heterocycles. The number of amides is 1. The molecule has 1 saturated heterocycles. The van der Waals surface area contributed by atoms with Crippen LogP contribution in [0.15, 0.2) is 24.3 Å². The Balaban J connectivity index is 1.48. The third-order valence-corrected chi connectivity index (χ3v) is 4.71. The van der Waals surface area contributed by atoms with Gasteiger partial charge in [0.1, 0.15) is 5.82 Å². The van der Waals surface area contributed by atoms with E-state index in [0.717, 1.165) is 51.1 Å². The van der Waals surface area contributed by atoms with Crippen molar-refractivity contribution >= 4 is 5.91 Å². The molecular formula is C17H23FN2O. The van der Waals surface area contributed by atoms with Crippen molar-refractivity contribution in [2.75, 3.05) is 26.2 Å². The van der Waals surface area contributed by atoms with Gasteiger partial charge in [-0.3, -0.25) is 9.69 Å². The van der Waals surface area contributed by atoms with Gasteiger partial charge in [0.05, 0.1) is 0 Å². The minimum atomic E-state index is -0.189. The number of hydrogen-bond donors (Lipinski definition) is 0. The van der Waals surface area contributed by atoms with Crippen LogP contribution >= 0.6 is 0 Å². The van der Waals surface area contributed by atoms with Crippen molar-refractivity contribution < 1.29 is 9.18 Å². The van der Waals surface area contributed by atoms with E-state index in [-0.39, 0.29) is 11.7 Å². The lowest BCUT2D eigenvalue weighted by Crippen LogP contribution is -2.49. The van der Waals surface area contributed by atoms with Crippen molar-refractivity contribution in [3.8, 4) is 0 Å². The lowest BCUT2D eigenvalue weighted by molar-refractivity contribution is -0.137. The Labute approximate surface area is 125 Å². The Morgan fingerprint density at radius 1 is 1.05 bits per heavy atom. The summed E-state index contributed by atoms with van der Waals surface area (Å²) < 4.78 is 12.9. The van der Waals surface area contributed by atoms with E-state index in [2.05, 4.69) is 4.90 Å². The second-order valence-corrected chi connectivity index (χ2v) is 6.21. The van der Waals surface area contributed by atoms with Gasteiger partial charge in [-0.15, -0.1) is 0 Å². The molecular weight excluding hydrogens is 267 g/mol. The van der Waals surface area contributed by atoms with E-state index in [1.165, 1.54) is 25.0 Å². The summed E-state index contributed by atoms with van der Waals surface area (Å²) in [5, 5.41) is 0. The van der Waals surface area contributed by atoms with Crippen LogP contribution in [-0.4, -0.2) is 41.9 Å². The first-order chi connectivity index (χ1) is 10.2. The number of piperazine rings is 1. The van der Waals surface area contributed by atoms with E-state index in [4.69, 9.17) is 0 Å². The molecule has 1 aliphatic heterocycles. The summed E-state index contributed by atoms with van der Waals surface area (Å²) in [6.45, 7) is 4.32. The smallest absolute Gasteiger partial charge is 0.225 e. The van der Waals surface area contributed by atoms with Crippen LogP contribution in [0.1, 0.15) is 31.2 Å². The molecule has 2 fully saturated rings. The molecule has 0 spiro atoms. The van der Waals surface area contributed by atoms with Gasteiger partial charge in [0, 0.05) is 38.6 Å². The van der Waals surface area contributed by atoms with Gasteiger partial charge in [-0.25, -0.2) is 4.39 Å². The highest BCUT2D eigenvalue weighted by molar-refractivity contribution is 5.79. The molecule has 0 unspecified atom stereocenters. The molecule has 4 heteroatoms. The molecule has 0 radical (unpaired) electrons. The van der Waals surface area contributed by atoms with Crippen molar-refractivity contribution in [1.29, 1.82) is 0 Å². The van der Waals surface area contributed by atoms with E-state index < -0.39 is 0 Å². The Morgan fingerprint density at radius 3 is 2.29 bits per heavy atom. The van der Waals surface area contributed by atoms with Crippen LogP contribution in [0, 0.1) is 11.7 Å². The van der Waals surface area contributed by atoms with E-state index in [9.17, 15) is 9.18 Å². The fraction of sp³-hybridized carbons (Fsp3) is 0.588. The van der Waals surface area contributed by atoms with Crippen molar-refractivity contribution in [3.05, 3.63) is 35.6 Å². The zero-order valence-electron chi connectivity index (χ0n) is 12.4. The monoisotopic (exact) mass is 290 g/mol. The number of benzene rings is 1. The predicted molar refractivity (Wildman–Crippen MR) is 80.2 cm³/mol. The largest absolute Gasteiger partial charge is 0.340 e. The molecule has 0 N–H and O–H groups in total. The summed E-state index contributed by atoms with van der Waals surface area (Å²) in [4.78, 5) is 16.7. The van der Waals surface area contributed by atoms with E-state index in [0.29, 0.717) is 5.91 Å². The summed E-state index contributed by atoms with van der Waals surface area (Å²) in [6, 6.07) is 6.70. The fourth-order valence-electron chi connectivity index (χ4n) is 3.41. The zero-order chi connectivity index (χ0) is 14.7. The van der Waals surface area contributed by atoms with E-state index in [1.807, 2.05) is 17.0 Å². The van der Waals surface area contributed by atoms with Gasteiger partial charge in [-0.05, 0) is 30.5 Å². The molecule has 0 bridgehead atoms. The van der Waals surface area contributed by atoms with Gasteiger partial charge in [0.2, 0.25) is 5.91 Å².